The highest BCUT2D eigenvalue weighted by Crippen LogP contribution is 2.50. The highest BCUT2D eigenvalue weighted by molar-refractivity contribution is 8.00. The standard InChI is InChI=1S/C14H16FNO3S/c15-10-2-1-3-11(6-10)16-12(17)8-20-9-14(4-5-14)7-13(18)19/h1-3,6H,4-5,7-9H2,(H,16,17)(H,18,19). The molecular weight excluding hydrogens is 281 g/mol. The summed E-state index contributed by atoms with van der Waals surface area (Å²) in [4.78, 5) is 22.4. The molecular formula is C14H16FNO3S. The zero-order chi connectivity index (χ0) is 14.6. The largest absolute Gasteiger partial charge is 0.481 e. The Kier molecular flexibility index (Phi) is 4.65. The predicted octanol–water partition coefficient (Wildman–Crippen LogP) is 2.75. The summed E-state index contributed by atoms with van der Waals surface area (Å²) in [5, 5.41) is 11.4. The number of benzene rings is 1. The Bertz CT molecular complexity index is 517. The smallest absolute Gasteiger partial charge is 0.303 e. The monoisotopic (exact) mass is 297 g/mol. The Balaban J connectivity index is 1.72. The lowest BCUT2D eigenvalue weighted by atomic mass is 10.1. The van der Waals surface area contributed by atoms with Crippen LogP contribution in [-0.4, -0.2) is 28.5 Å². The highest BCUT2D eigenvalue weighted by atomic mass is 32.2. The molecule has 0 saturated heterocycles. The second kappa shape index (κ2) is 6.26. The summed E-state index contributed by atoms with van der Waals surface area (Å²) in [5.74, 6) is -0.457. The molecule has 0 unspecified atom stereocenters. The molecule has 20 heavy (non-hydrogen) atoms. The summed E-state index contributed by atoms with van der Waals surface area (Å²) >= 11 is 1.43. The van der Waals surface area contributed by atoms with Gasteiger partial charge in [-0.25, -0.2) is 4.39 Å². The number of thioether (sulfide) groups is 1. The average molecular weight is 297 g/mol. The van der Waals surface area contributed by atoms with Crippen LogP contribution in [0, 0.1) is 11.2 Å². The lowest BCUT2D eigenvalue weighted by molar-refractivity contribution is -0.138. The molecule has 2 N–H and O–H groups in total. The molecule has 0 aliphatic heterocycles. The normalized spacial score (nSPS) is 15.7. The van der Waals surface area contributed by atoms with E-state index in [1.807, 2.05) is 0 Å². The maximum absolute atomic E-state index is 12.9. The molecule has 1 aliphatic carbocycles. The van der Waals surface area contributed by atoms with E-state index in [2.05, 4.69) is 5.32 Å². The minimum absolute atomic E-state index is 0.115. The van der Waals surface area contributed by atoms with Crippen LogP contribution >= 0.6 is 11.8 Å². The number of rotatable bonds is 7. The van der Waals surface area contributed by atoms with Crippen molar-refractivity contribution < 1.29 is 19.1 Å². The summed E-state index contributed by atoms with van der Waals surface area (Å²) < 4.78 is 12.9. The van der Waals surface area contributed by atoms with Gasteiger partial charge in [0.25, 0.3) is 0 Å². The third-order valence-electron chi connectivity index (χ3n) is 3.23. The van der Waals surface area contributed by atoms with E-state index in [0.717, 1.165) is 12.8 Å². The van der Waals surface area contributed by atoms with Gasteiger partial charge in [0.1, 0.15) is 5.82 Å². The van der Waals surface area contributed by atoms with Crippen LogP contribution in [0.4, 0.5) is 10.1 Å². The zero-order valence-electron chi connectivity index (χ0n) is 10.9. The van der Waals surface area contributed by atoms with Crippen molar-refractivity contribution in [3.05, 3.63) is 30.1 Å². The first-order valence-corrected chi connectivity index (χ1v) is 7.50. The molecule has 1 amide bonds. The molecule has 1 saturated carbocycles. The molecule has 0 heterocycles. The molecule has 1 aromatic rings. The third kappa shape index (κ3) is 4.52. The van der Waals surface area contributed by atoms with Crippen LogP contribution in [0.3, 0.4) is 0 Å². The molecule has 6 heteroatoms. The molecule has 108 valence electrons. The van der Waals surface area contributed by atoms with Crippen molar-refractivity contribution in [2.45, 2.75) is 19.3 Å². The van der Waals surface area contributed by atoms with E-state index in [4.69, 9.17) is 5.11 Å². The van der Waals surface area contributed by atoms with E-state index < -0.39 is 11.8 Å². The van der Waals surface area contributed by atoms with E-state index in [1.165, 1.54) is 30.0 Å². The Morgan fingerprint density at radius 3 is 2.75 bits per heavy atom. The van der Waals surface area contributed by atoms with Crippen molar-refractivity contribution in [1.82, 2.24) is 0 Å². The summed E-state index contributed by atoms with van der Waals surface area (Å²) in [6, 6.07) is 5.73. The van der Waals surface area contributed by atoms with Crippen LogP contribution in [0.5, 0.6) is 0 Å². The average Bonchev–Trinajstić information content (AvgIpc) is 3.07. The third-order valence-corrected chi connectivity index (χ3v) is 4.52. The molecule has 0 spiro atoms. The van der Waals surface area contributed by atoms with E-state index >= 15 is 0 Å². The maximum atomic E-state index is 12.9. The lowest BCUT2D eigenvalue weighted by Crippen LogP contribution is -2.17. The first kappa shape index (κ1) is 14.8. The number of carboxylic acid groups (broad SMARTS) is 1. The van der Waals surface area contributed by atoms with Gasteiger partial charge < -0.3 is 10.4 Å². The fraction of sp³-hybridized carbons (Fsp3) is 0.429. The van der Waals surface area contributed by atoms with Crippen molar-refractivity contribution in [2.24, 2.45) is 5.41 Å². The minimum Gasteiger partial charge on any atom is -0.481 e. The number of halogens is 1. The Morgan fingerprint density at radius 2 is 2.15 bits per heavy atom. The van der Waals surface area contributed by atoms with Crippen LogP contribution in [0.1, 0.15) is 19.3 Å². The summed E-state index contributed by atoms with van der Waals surface area (Å²) in [7, 11) is 0. The Morgan fingerprint density at radius 1 is 1.40 bits per heavy atom. The van der Waals surface area contributed by atoms with E-state index in [9.17, 15) is 14.0 Å². The van der Waals surface area contributed by atoms with E-state index in [0.29, 0.717) is 11.4 Å². The van der Waals surface area contributed by atoms with Crippen molar-refractivity contribution in [1.29, 1.82) is 0 Å². The van der Waals surface area contributed by atoms with Crippen LogP contribution in [0.2, 0.25) is 0 Å². The molecule has 0 radical (unpaired) electrons. The molecule has 0 aromatic heterocycles. The molecule has 1 aliphatic rings. The van der Waals surface area contributed by atoms with E-state index in [1.54, 1.807) is 6.07 Å². The minimum atomic E-state index is -0.785. The van der Waals surface area contributed by atoms with Gasteiger partial charge in [0.15, 0.2) is 0 Å². The van der Waals surface area contributed by atoms with E-state index in [-0.39, 0.29) is 23.5 Å². The SMILES string of the molecule is O=C(O)CC1(CSCC(=O)Nc2cccc(F)c2)CC1. The highest BCUT2D eigenvalue weighted by Gasteiger charge is 2.44. The fourth-order valence-corrected chi connectivity index (χ4v) is 3.18. The number of anilines is 1. The molecule has 0 bridgehead atoms. The number of aliphatic carboxylic acids is 1. The van der Waals surface area contributed by atoms with Gasteiger partial charge in [0.2, 0.25) is 5.91 Å². The van der Waals surface area contributed by atoms with Crippen molar-refractivity contribution in [3.8, 4) is 0 Å². The molecule has 2 rings (SSSR count). The van der Waals surface area contributed by atoms with Crippen molar-refractivity contribution >= 4 is 29.3 Å². The van der Waals surface area contributed by atoms with Gasteiger partial charge in [0, 0.05) is 5.69 Å². The number of nitrogens with one attached hydrogen (secondary N) is 1. The molecule has 1 fully saturated rings. The van der Waals surface area contributed by atoms with Crippen LogP contribution < -0.4 is 5.32 Å². The Hall–Kier alpha value is -1.56. The fourth-order valence-electron chi connectivity index (χ4n) is 1.99. The summed E-state index contributed by atoms with van der Waals surface area (Å²) in [6.07, 6.45) is 2.00. The number of carbonyl (C=O) groups is 2. The summed E-state index contributed by atoms with van der Waals surface area (Å²) in [6.45, 7) is 0. The van der Waals surface area contributed by atoms with Gasteiger partial charge in [-0.15, -0.1) is 0 Å². The van der Waals surface area contributed by atoms with Gasteiger partial charge in [0.05, 0.1) is 12.2 Å². The van der Waals surface area contributed by atoms with Gasteiger partial charge in [-0.3, -0.25) is 9.59 Å². The maximum Gasteiger partial charge on any atom is 0.303 e. The van der Waals surface area contributed by atoms with Crippen molar-refractivity contribution in [2.75, 3.05) is 16.8 Å². The van der Waals surface area contributed by atoms with Gasteiger partial charge in [-0.1, -0.05) is 6.07 Å². The quantitative estimate of drug-likeness (QED) is 0.812. The number of carboxylic acids is 1. The molecule has 4 nitrogen and oxygen atoms in total. The number of hydrogen-bond acceptors (Lipinski definition) is 3. The first-order chi connectivity index (χ1) is 9.49. The van der Waals surface area contributed by atoms with Crippen LogP contribution in [0.15, 0.2) is 24.3 Å². The number of hydrogen-bond donors (Lipinski definition) is 2. The predicted molar refractivity (Wildman–Crippen MR) is 76.3 cm³/mol. The zero-order valence-corrected chi connectivity index (χ0v) is 11.7. The molecule has 0 atom stereocenters. The van der Waals surface area contributed by atoms with Gasteiger partial charge in [-0.2, -0.15) is 11.8 Å². The number of amides is 1. The van der Waals surface area contributed by atoms with Gasteiger partial charge >= 0.3 is 5.97 Å². The van der Waals surface area contributed by atoms with Crippen molar-refractivity contribution in [3.63, 3.8) is 0 Å². The molecule has 1 aromatic carbocycles. The van der Waals surface area contributed by atoms with Crippen LogP contribution in [-0.2, 0) is 9.59 Å². The second-order valence-electron chi connectivity index (χ2n) is 5.12. The second-order valence-corrected chi connectivity index (χ2v) is 6.11. The van der Waals surface area contributed by atoms with Crippen LogP contribution in [0.25, 0.3) is 0 Å². The summed E-state index contributed by atoms with van der Waals surface area (Å²) in [5.41, 5.74) is 0.317. The lowest BCUT2D eigenvalue weighted by Gasteiger charge is -2.11. The number of carbonyl (C=O) groups excluding carboxylic acids is 1. The van der Waals surface area contributed by atoms with Gasteiger partial charge in [-0.05, 0) is 42.2 Å². The Labute approximate surface area is 120 Å². The first-order valence-electron chi connectivity index (χ1n) is 6.34. The topological polar surface area (TPSA) is 66.4 Å².